The van der Waals surface area contributed by atoms with Crippen molar-refractivity contribution in [1.29, 1.82) is 0 Å². The van der Waals surface area contributed by atoms with Crippen molar-refractivity contribution in [1.82, 2.24) is 9.27 Å². The molecule has 1 aromatic carbocycles. The van der Waals surface area contributed by atoms with Gasteiger partial charge in [-0.3, -0.25) is 8.75 Å². The summed E-state index contributed by atoms with van der Waals surface area (Å²) < 4.78 is 3.00. The van der Waals surface area contributed by atoms with Crippen molar-refractivity contribution >= 4 is 21.6 Å². The standard InChI is InChI=1S/C15H20N2OS/c1-15(2)8-5-9-16-13(15)10-17-14(18)11-6-3-4-7-12(11)19-17/h3-4,6-7,13,16H,5,8-10H2,1-2H3. The van der Waals surface area contributed by atoms with Crippen LogP contribution in [0.15, 0.2) is 29.1 Å². The highest BCUT2D eigenvalue weighted by molar-refractivity contribution is 7.13. The molecule has 1 fully saturated rings. The van der Waals surface area contributed by atoms with Gasteiger partial charge in [-0.05, 0) is 36.9 Å². The first-order chi connectivity index (χ1) is 9.08. The quantitative estimate of drug-likeness (QED) is 0.915. The van der Waals surface area contributed by atoms with Gasteiger partial charge in [0.1, 0.15) is 0 Å². The summed E-state index contributed by atoms with van der Waals surface area (Å²) in [6, 6.07) is 8.25. The smallest absolute Gasteiger partial charge is 0.268 e. The average Bonchev–Trinajstić information content (AvgIpc) is 2.70. The molecule has 1 saturated heterocycles. The summed E-state index contributed by atoms with van der Waals surface area (Å²) in [6.45, 7) is 6.43. The SMILES string of the molecule is CC1(C)CCCNC1Cn1sc2ccccc2c1=O. The number of benzene rings is 1. The summed E-state index contributed by atoms with van der Waals surface area (Å²) in [7, 11) is 0. The molecule has 2 heterocycles. The Balaban J connectivity index is 1.93. The molecule has 4 heteroatoms. The molecule has 1 aliphatic heterocycles. The average molecular weight is 276 g/mol. The molecular weight excluding hydrogens is 256 g/mol. The maximum Gasteiger partial charge on any atom is 0.268 e. The number of hydrogen-bond acceptors (Lipinski definition) is 3. The number of fused-ring (bicyclic) bond motifs is 1. The van der Waals surface area contributed by atoms with Crippen molar-refractivity contribution in [3.8, 4) is 0 Å². The van der Waals surface area contributed by atoms with Gasteiger partial charge < -0.3 is 5.32 Å². The van der Waals surface area contributed by atoms with Gasteiger partial charge in [-0.1, -0.05) is 37.5 Å². The molecule has 1 N–H and O–H groups in total. The lowest BCUT2D eigenvalue weighted by molar-refractivity contribution is 0.165. The number of aromatic nitrogens is 1. The van der Waals surface area contributed by atoms with E-state index in [1.54, 1.807) is 11.5 Å². The van der Waals surface area contributed by atoms with Crippen molar-refractivity contribution in [2.75, 3.05) is 6.54 Å². The Kier molecular flexibility index (Phi) is 3.23. The van der Waals surface area contributed by atoms with Crippen molar-refractivity contribution in [2.24, 2.45) is 5.41 Å². The van der Waals surface area contributed by atoms with Gasteiger partial charge in [0, 0.05) is 6.04 Å². The maximum absolute atomic E-state index is 12.4. The molecule has 0 aliphatic carbocycles. The molecule has 3 rings (SSSR count). The lowest BCUT2D eigenvalue weighted by Gasteiger charge is -2.39. The number of nitrogens with one attached hydrogen (secondary N) is 1. The van der Waals surface area contributed by atoms with Gasteiger partial charge in [0.05, 0.1) is 16.6 Å². The van der Waals surface area contributed by atoms with Crippen LogP contribution in [0.2, 0.25) is 0 Å². The fourth-order valence-corrected chi connectivity index (χ4v) is 3.92. The molecule has 0 spiro atoms. The first kappa shape index (κ1) is 12.9. The minimum Gasteiger partial charge on any atom is -0.312 e. The summed E-state index contributed by atoms with van der Waals surface area (Å²) in [5, 5.41) is 4.42. The molecule has 0 amide bonds. The van der Waals surface area contributed by atoms with Crippen LogP contribution in [-0.2, 0) is 6.54 Å². The van der Waals surface area contributed by atoms with Gasteiger partial charge >= 0.3 is 0 Å². The van der Waals surface area contributed by atoms with E-state index in [1.165, 1.54) is 12.8 Å². The Morgan fingerprint density at radius 2 is 2.21 bits per heavy atom. The van der Waals surface area contributed by atoms with Crippen LogP contribution >= 0.6 is 11.5 Å². The molecule has 0 radical (unpaired) electrons. The molecule has 1 atom stereocenters. The molecule has 0 bridgehead atoms. The summed E-state index contributed by atoms with van der Waals surface area (Å²) in [4.78, 5) is 12.4. The first-order valence-electron chi connectivity index (χ1n) is 6.90. The zero-order chi connectivity index (χ0) is 13.5. The minimum absolute atomic E-state index is 0.156. The van der Waals surface area contributed by atoms with E-state index in [4.69, 9.17) is 0 Å². The zero-order valence-electron chi connectivity index (χ0n) is 11.5. The summed E-state index contributed by atoms with van der Waals surface area (Å²) in [5.74, 6) is 0. The van der Waals surface area contributed by atoms with Crippen LogP contribution in [0.4, 0.5) is 0 Å². The predicted molar refractivity (Wildman–Crippen MR) is 80.9 cm³/mol. The molecular formula is C15H20N2OS. The summed E-state index contributed by atoms with van der Waals surface area (Å²) in [6.07, 6.45) is 2.45. The van der Waals surface area contributed by atoms with E-state index in [-0.39, 0.29) is 11.0 Å². The fourth-order valence-electron chi connectivity index (χ4n) is 2.89. The monoisotopic (exact) mass is 276 g/mol. The fraction of sp³-hybridized carbons (Fsp3) is 0.533. The molecule has 1 unspecified atom stereocenters. The Labute approximate surface area is 117 Å². The second-order valence-corrected chi connectivity index (χ2v) is 7.12. The van der Waals surface area contributed by atoms with E-state index < -0.39 is 0 Å². The zero-order valence-corrected chi connectivity index (χ0v) is 12.3. The van der Waals surface area contributed by atoms with Gasteiger partial charge in [0.15, 0.2) is 0 Å². The third-order valence-electron chi connectivity index (χ3n) is 4.23. The highest BCUT2D eigenvalue weighted by Crippen LogP contribution is 2.31. The van der Waals surface area contributed by atoms with Gasteiger partial charge in [0.2, 0.25) is 0 Å². The minimum atomic E-state index is 0.156. The Hall–Kier alpha value is -1.13. The van der Waals surface area contributed by atoms with Gasteiger partial charge in [0.25, 0.3) is 5.56 Å². The van der Waals surface area contributed by atoms with E-state index in [0.29, 0.717) is 6.04 Å². The van der Waals surface area contributed by atoms with Gasteiger partial charge in [-0.25, -0.2) is 0 Å². The Bertz CT molecular complexity index is 641. The number of hydrogen-bond donors (Lipinski definition) is 1. The van der Waals surface area contributed by atoms with Crippen molar-refractivity contribution in [2.45, 2.75) is 39.3 Å². The second-order valence-electron chi connectivity index (χ2n) is 6.05. The van der Waals surface area contributed by atoms with E-state index in [0.717, 1.165) is 23.2 Å². The predicted octanol–water partition coefficient (Wildman–Crippen LogP) is 2.84. The number of rotatable bonds is 2. The summed E-state index contributed by atoms with van der Waals surface area (Å²) in [5.41, 5.74) is 0.414. The first-order valence-corrected chi connectivity index (χ1v) is 7.67. The second kappa shape index (κ2) is 4.76. The van der Waals surface area contributed by atoms with E-state index in [2.05, 4.69) is 19.2 Å². The lowest BCUT2D eigenvalue weighted by atomic mass is 9.77. The van der Waals surface area contributed by atoms with Gasteiger partial charge in [-0.2, -0.15) is 0 Å². The van der Waals surface area contributed by atoms with Crippen LogP contribution in [-0.4, -0.2) is 16.5 Å². The molecule has 1 aliphatic rings. The van der Waals surface area contributed by atoms with Crippen LogP contribution < -0.4 is 10.9 Å². The van der Waals surface area contributed by atoms with E-state index in [9.17, 15) is 4.79 Å². The normalized spacial score (nSPS) is 22.7. The van der Waals surface area contributed by atoms with Crippen LogP contribution in [0.1, 0.15) is 26.7 Å². The third-order valence-corrected chi connectivity index (χ3v) is 5.32. The van der Waals surface area contributed by atoms with Crippen molar-refractivity contribution in [3.05, 3.63) is 34.6 Å². The molecule has 3 nitrogen and oxygen atoms in total. The highest BCUT2D eigenvalue weighted by atomic mass is 32.1. The van der Waals surface area contributed by atoms with Gasteiger partial charge in [-0.15, -0.1) is 0 Å². The van der Waals surface area contributed by atoms with Crippen LogP contribution in [0, 0.1) is 5.41 Å². The van der Waals surface area contributed by atoms with Crippen LogP contribution in [0.5, 0.6) is 0 Å². The topological polar surface area (TPSA) is 34.0 Å². The highest BCUT2D eigenvalue weighted by Gasteiger charge is 2.32. The Morgan fingerprint density at radius 3 is 2.95 bits per heavy atom. The van der Waals surface area contributed by atoms with E-state index >= 15 is 0 Å². The molecule has 0 saturated carbocycles. The van der Waals surface area contributed by atoms with Crippen LogP contribution in [0.25, 0.3) is 10.1 Å². The van der Waals surface area contributed by atoms with Crippen molar-refractivity contribution < 1.29 is 0 Å². The van der Waals surface area contributed by atoms with Crippen molar-refractivity contribution in [3.63, 3.8) is 0 Å². The Morgan fingerprint density at radius 1 is 1.42 bits per heavy atom. The number of piperidine rings is 1. The third kappa shape index (κ3) is 2.35. The molecule has 19 heavy (non-hydrogen) atoms. The molecule has 102 valence electrons. The van der Waals surface area contributed by atoms with E-state index in [1.807, 2.05) is 28.2 Å². The number of nitrogens with zero attached hydrogens (tertiary/aromatic N) is 1. The maximum atomic E-state index is 12.4. The van der Waals surface area contributed by atoms with Crippen LogP contribution in [0.3, 0.4) is 0 Å². The molecule has 1 aromatic heterocycles. The largest absolute Gasteiger partial charge is 0.312 e. The summed E-state index contributed by atoms with van der Waals surface area (Å²) >= 11 is 1.58. The lowest BCUT2D eigenvalue weighted by Crippen LogP contribution is -2.49. The molecule has 2 aromatic rings.